The first kappa shape index (κ1) is 57.4. The molecular weight excluding hydrogens is 733 g/mol. The Morgan fingerprint density at radius 2 is 0.593 bits per heavy atom. The maximum absolute atomic E-state index is 12.7. The van der Waals surface area contributed by atoms with Crippen LogP contribution >= 0.6 is 0 Å². The van der Waals surface area contributed by atoms with Gasteiger partial charge in [-0.25, -0.2) is 0 Å². The SMILES string of the molecule is CCCCCCCCCCCC(=O)OC[C@H](COC(=O)CCCCCCCCCCCCCCCCCCCCC(C)CC)OC(=O)CCCCCCCCC(C)CC. The Labute approximate surface area is 368 Å². The van der Waals surface area contributed by atoms with E-state index in [2.05, 4.69) is 34.6 Å². The van der Waals surface area contributed by atoms with Crippen LogP contribution in [0.2, 0.25) is 0 Å². The van der Waals surface area contributed by atoms with Gasteiger partial charge in [-0.2, -0.15) is 0 Å². The van der Waals surface area contributed by atoms with Gasteiger partial charge in [0.15, 0.2) is 6.10 Å². The van der Waals surface area contributed by atoms with Gasteiger partial charge in [-0.05, 0) is 31.1 Å². The van der Waals surface area contributed by atoms with Crippen LogP contribution < -0.4 is 0 Å². The zero-order valence-corrected chi connectivity index (χ0v) is 40.4. The molecule has 3 atom stereocenters. The first-order valence-electron chi connectivity index (χ1n) is 26.3. The standard InChI is InChI=1S/C53H102O6/c1-6-9-10-11-12-23-27-33-38-43-51(54)57-46-50(59-53(56)45-40-35-30-29-32-37-42-49(5)8-3)47-58-52(55)44-39-34-28-25-22-20-18-16-14-13-15-17-19-21-24-26-31-36-41-48(4)7-2/h48-50H,6-47H2,1-5H3/t48?,49?,50-/m1/s1. The Balaban J connectivity index is 4.14. The molecule has 0 rings (SSSR count). The van der Waals surface area contributed by atoms with E-state index >= 15 is 0 Å². The fraction of sp³-hybridized carbons (Fsp3) is 0.943. The van der Waals surface area contributed by atoms with Crippen molar-refractivity contribution in [2.75, 3.05) is 13.2 Å². The number of ether oxygens (including phenoxy) is 3. The summed E-state index contributed by atoms with van der Waals surface area (Å²) in [6.45, 7) is 11.4. The lowest BCUT2D eigenvalue weighted by Gasteiger charge is -2.18. The number of carbonyl (C=O) groups is 3. The number of hydrogen-bond acceptors (Lipinski definition) is 6. The number of esters is 3. The van der Waals surface area contributed by atoms with Gasteiger partial charge in [0.2, 0.25) is 0 Å². The summed E-state index contributed by atoms with van der Waals surface area (Å²) in [6.07, 6.45) is 46.7. The molecule has 0 heterocycles. The van der Waals surface area contributed by atoms with Crippen LogP contribution in [-0.2, 0) is 28.6 Å². The third-order valence-corrected chi connectivity index (χ3v) is 12.7. The van der Waals surface area contributed by atoms with Crippen molar-refractivity contribution in [1.29, 1.82) is 0 Å². The first-order valence-corrected chi connectivity index (χ1v) is 26.3. The van der Waals surface area contributed by atoms with Crippen molar-refractivity contribution < 1.29 is 28.6 Å². The van der Waals surface area contributed by atoms with E-state index in [-0.39, 0.29) is 31.1 Å². The molecule has 6 nitrogen and oxygen atoms in total. The summed E-state index contributed by atoms with van der Waals surface area (Å²) in [7, 11) is 0. The molecular formula is C53H102O6. The molecule has 0 aromatic heterocycles. The summed E-state index contributed by atoms with van der Waals surface area (Å²) in [4.78, 5) is 37.8. The number of unbranched alkanes of at least 4 members (excludes halogenated alkanes) is 30. The van der Waals surface area contributed by atoms with Crippen molar-refractivity contribution in [2.45, 2.75) is 298 Å². The maximum atomic E-state index is 12.7. The van der Waals surface area contributed by atoms with E-state index in [1.54, 1.807) is 0 Å². The molecule has 350 valence electrons. The molecule has 0 spiro atoms. The maximum Gasteiger partial charge on any atom is 0.306 e. The van der Waals surface area contributed by atoms with Crippen LogP contribution in [0.3, 0.4) is 0 Å². The molecule has 0 saturated carbocycles. The molecule has 0 fully saturated rings. The van der Waals surface area contributed by atoms with Gasteiger partial charge in [-0.1, -0.05) is 253 Å². The van der Waals surface area contributed by atoms with E-state index in [0.29, 0.717) is 19.3 Å². The molecule has 0 radical (unpaired) electrons. The Morgan fingerprint density at radius 3 is 0.881 bits per heavy atom. The van der Waals surface area contributed by atoms with Gasteiger partial charge in [0.05, 0.1) is 0 Å². The highest BCUT2D eigenvalue weighted by Gasteiger charge is 2.19. The highest BCUT2D eigenvalue weighted by atomic mass is 16.6. The summed E-state index contributed by atoms with van der Waals surface area (Å²) in [5, 5.41) is 0. The van der Waals surface area contributed by atoms with E-state index in [4.69, 9.17) is 14.2 Å². The van der Waals surface area contributed by atoms with Crippen LogP contribution in [0, 0.1) is 11.8 Å². The van der Waals surface area contributed by atoms with Crippen molar-refractivity contribution in [2.24, 2.45) is 11.8 Å². The van der Waals surface area contributed by atoms with E-state index in [0.717, 1.165) is 69.6 Å². The number of rotatable bonds is 47. The van der Waals surface area contributed by atoms with E-state index < -0.39 is 6.10 Å². The number of hydrogen-bond donors (Lipinski definition) is 0. The Morgan fingerprint density at radius 1 is 0.339 bits per heavy atom. The lowest BCUT2D eigenvalue weighted by Crippen LogP contribution is -2.30. The van der Waals surface area contributed by atoms with Crippen molar-refractivity contribution in [3.63, 3.8) is 0 Å². The Bertz CT molecular complexity index is 904. The average Bonchev–Trinajstić information content (AvgIpc) is 3.23. The van der Waals surface area contributed by atoms with E-state index in [9.17, 15) is 14.4 Å². The minimum absolute atomic E-state index is 0.0647. The molecule has 0 saturated heterocycles. The second-order valence-electron chi connectivity index (χ2n) is 18.6. The Kier molecular flexibility index (Phi) is 44.7. The summed E-state index contributed by atoms with van der Waals surface area (Å²) in [6, 6.07) is 0. The minimum atomic E-state index is -0.761. The van der Waals surface area contributed by atoms with Gasteiger partial charge in [0.25, 0.3) is 0 Å². The Hall–Kier alpha value is -1.59. The molecule has 0 aliphatic carbocycles. The summed E-state index contributed by atoms with van der Waals surface area (Å²) in [5.74, 6) is 0.865. The van der Waals surface area contributed by atoms with Crippen LogP contribution in [0.15, 0.2) is 0 Å². The van der Waals surface area contributed by atoms with Crippen LogP contribution in [0.4, 0.5) is 0 Å². The lowest BCUT2D eigenvalue weighted by atomic mass is 9.99. The van der Waals surface area contributed by atoms with Crippen LogP contribution in [0.5, 0.6) is 0 Å². The number of carbonyl (C=O) groups excluding carboxylic acids is 3. The molecule has 6 heteroatoms. The van der Waals surface area contributed by atoms with Gasteiger partial charge in [-0.15, -0.1) is 0 Å². The van der Waals surface area contributed by atoms with E-state index in [1.807, 2.05) is 0 Å². The molecule has 0 N–H and O–H groups in total. The predicted molar refractivity (Wildman–Crippen MR) is 252 cm³/mol. The second-order valence-corrected chi connectivity index (χ2v) is 18.6. The van der Waals surface area contributed by atoms with Crippen molar-refractivity contribution in [1.82, 2.24) is 0 Å². The predicted octanol–water partition coefficient (Wildman–Crippen LogP) is 16.9. The van der Waals surface area contributed by atoms with Crippen molar-refractivity contribution >= 4 is 17.9 Å². The van der Waals surface area contributed by atoms with E-state index in [1.165, 1.54) is 180 Å². The first-order chi connectivity index (χ1) is 28.8. The monoisotopic (exact) mass is 835 g/mol. The van der Waals surface area contributed by atoms with Gasteiger partial charge >= 0.3 is 17.9 Å². The van der Waals surface area contributed by atoms with Crippen LogP contribution in [0.1, 0.15) is 291 Å². The lowest BCUT2D eigenvalue weighted by molar-refractivity contribution is -0.167. The zero-order chi connectivity index (χ0) is 43.3. The fourth-order valence-corrected chi connectivity index (χ4v) is 7.93. The van der Waals surface area contributed by atoms with Gasteiger partial charge < -0.3 is 14.2 Å². The average molecular weight is 835 g/mol. The molecule has 0 aromatic rings. The molecule has 0 bridgehead atoms. The molecule has 0 aliphatic rings. The summed E-state index contributed by atoms with van der Waals surface area (Å²) < 4.78 is 16.8. The van der Waals surface area contributed by atoms with Crippen LogP contribution in [0.25, 0.3) is 0 Å². The molecule has 2 unspecified atom stereocenters. The largest absolute Gasteiger partial charge is 0.462 e. The smallest absolute Gasteiger partial charge is 0.306 e. The second kappa shape index (κ2) is 45.9. The van der Waals surface area contributed by atoms with Crippen molar-refractivity contribution in [3.05, 3.63) is 0 Å². The third kappa shape index (κ3) is 44.3. The zero-order valence-electron chi connectivity index (χ0n) is 40.4. The molecule has 59 heavy (non-hydrogen) atoms. The van der Waals surface area contributed by atoms with Gasteiger partial charge in [0.1, 0.15) is 13.2 Å². The molecule has 0 aliphatic heterocycles. The summed E-state index contributed by atoms with van der Waals surface area (Å²) in [5.41, 5.74) is 0. The topological polar surface area (TPSA) is 78.9 Å². The summed E-state index contributed by atoms with van der Waals surface area (Å²) >= 11 is 0. The highest BCUT2D eigenvalue weighted by Crippen LogP contribution is 2.18. The van der Waals surface area contributed by atoms with Gasteiger partial charge in [-0.3, -0.25) is 14.4 Å². The van der Waals surface area contributed by atoms with Crippen LogP contribution in [-0.4, -0.2) is 37.2 Å². The normalized spacial score (nSPS) is 13.0. The molecule has 0 aromatic carbocycles. The van der Waals surface area contributed by atoms with Crippen molar-refractivity contribution in [3.8, 4) is 0 Å². The quantitative estimate of drug-likeness (QED) is 0.0345. The third-order valence-electron chi connectivity index (χ3n) is 12.7. The minimum Gasteiger partial charge on any atom is -0.462 e. The molecule has 0 amide bonds. The fourth-order valence-electron chi connectivity index (χ4n) is 7.93. The van der Waals surface area contributed by atoms with Gasteiger partial charge in [0, 0.05) is 19.3 Å². The highest BCUT2D eigenvalue weighted by molar-refractivity contribution is 5.71.